The summed E-state index contributed by atoms with van der Waals surface area (Å²) in [7, 11) is -2.34. The highest BCUT2D eigenvalue weighted by molar-refractivity contribution is 7.89. The van der Waals surface area contributed by atoms with Crippen LogP contribution in [-0.4, -0.2) is 44.8 Å². The van der Waals surface area contributed by atoms with Gasteiger partial charge in [0.05, 0.1) is 17.6 Å². The standard InChI is InChI=1S/C21H24N2O5S/c1-15-9-10-17(21(25)28-2)14-19(15)22-20(24)16-7-6-8-18(13-16)29(26,27)23-11-4-3-5-12-23/h6-10,13-14H,3-5,11-12H2,1-2H3,(H,22,24). The Bertz CT molecular complexity index is 1030. The summed E-state index contributed by atoms with van der Waals surface area (Å²) in [5, 5.41) is 2.75. The van der Waals surface area contributed by atoms with Gasteiger partial charge in [-0.15, -0.1) is 0 Å². The molecule has 2 aromatic carbocycles. The van der Waals surface area contributed by atoms with Crippen molar-refractivity contribution in [3.63, 3.8) is 0 Å². The quantitative estimate of drug-likeness (QED) is 0.756. The van der Waals surface area contributed by atoms with Crippen molar-refractivity contribution in [3.8, 4) is 0 Å². The van der Waals surface area contributed by atoms with E-state index in [2.05, 4.69) is 5.32 Å². The number of methoxy groups -OCH3 is 1. The first kappa shape index (κ1) is 21.0. The lowest BCUT2D eigenvalue weighted by molar-refractivity contribution is 0.0600. The third kappa shape index (κ3) is 4.65. The molecule has 3 rings (SSSR count). The van der Waals surface area contributed by atoms with Crippen molar-refractivity contribution in [2.24, 2.45) is 0 Å². The first-order valence-electron chi connectivity index (χ1n) is 9.43. The van der Waals surface area contributed by atoms with Gasteiger partial charge in [-0.25, -0.2) is 13.2 Å². The molecule has 7 nitrogen and oxygen atoms in total. The highest BCUT2D eigenvalue weighted by Crippen LogP contribution is 2.23. The average molecular weight is 416 g/mol. The van der Waals surface area contributed by atoms with Gasteiger partial charge in [-0.3, -0.25) is 4.79 Å². The summed E-state index contributed by atoms with van der Waals surface area (Å²) in [4.78, 5) is 24.6. The molecule has 0 radical (unpaired) electrons. The molecule has 0 aliphatic carbocycles. The molecule has 1 N–H and O–H groups in total. The number of ether oxygens (including phenoxy) is 1. The summed E-state index contributed by atoms with van der Waals surface area (Å²) in [6.45, 7) is 2.80. The maximum Gasteiger partial charge on any atom is 0.337 e. The van der Waals surface area contributed by atoms with Gasteiger partial charge in [-0.2, -0.15) is 4.31 Å². The van der Waals surface area contributed by atoms with Crippen molar-refractivity contribution in [1.82, 2.24) is 4.31 Å². The summed E-state index contributed by atoms with van der Waals surface area (Å²) in [6, 6.07) is 10.9. The van der Waals surface area contributed by atoms with E-state index in [9.17, 15) is 18.0 Å². The van der Waals surface area contributed by atoms with Gasteiger partial charge in [0.25, 0.3) is 5.91 Å². The van der Waals surface area contributed by atoms with Crippen molar-refractivity contribution >= 4 is 27.6 Å². The van der Waals surface area contributed by atoms with Gasteiger partial charge in [0.2, 0.25) is 10.0 Å². The number of aryl methyl sites for hydroxylation is 1. The van der Waals surface area contributed by atoms with E-state index in [1.807, 2.05) is 0 Å². The van der Waals surface area contributed by atoms with Crippen LogP contribution in [0.15, 0.2) is 47.4 Å². The monoisotopic (exact) mass is 416 g/mol. The van der Waals surface area contributed by atoms with Crippen LogP contribution in [0.3, 0.4) is 0 Å². The van der Waals surface area contributed by atoms with Crippen LogP contribution in [-0.2, 0) is 14.8 Å². The highest BCUT2D eigenvalue weighted by Gasteiger charge is 2.26. The number of esters is 1. The van der Waals surface area contributed by atoms with Crippen LogP contribution in [0, 0.1) is 6.92 Å². The van der Waals surface area contributed by atoms with E-state index in [-0.39, 0.29) is 10.5 Å². The van der Waals surface area contributed by atoms with Crippen LogP contribution < -0.4 is 5.32 Å². The van der Waals surface area contributed by atoms with Gasteiger partial charge in [0.1, 0.15) is 0 Å². The molecular formula is C21H24N2O5S. The topological polar surface area (TPSA) is 92.8 Å². The summed E-state index contributed by atoms with van der Waals surface area (Å²) in [6.07, 6.45) is 2.71. The first-order chi connectivity index (χ1) is 13.8. The van der Waals surface area contributed by atoms with Gasteiger partial charge in [0.15, 0.2) is 0 Å². The number of amides is 1. The van der Waals surface area contributed by atoms with Crippen LogP contribution >= 0.6 is 0 Å². The Labute approximate surface area is 170 Å². The predicted molar refractivity (Wildman–Crippen MR) is 110 cm³/mol. The molecule has 0 spiro atoms. The van der Waals surface area contributed by atoms with Gasteiger partial charge in [0, 0.05) is 24.3 Å². The fourth-order valence-corrected chi connectivity index (χ4v) is 4.81. The van der Waals surface area contributed by atoms with Crippen molar-refractivity contribution in [2.75, 3.05) is 25.5 Å². The molecule has 1 aliphatic heterocycles. The smallest absolute Gasteiger partial charge is 0.337 e. The molecule has 1 heterocycles. The molecule has 2 aromatic rings. The van der Waals surface area contributed by atoms with Crippen molar-refractivity contribution in [2.45, 2.75) is 31.1 Å². The number of carbonyl (C=O) groups is 2. The number of nitrogens with zero attached hydrogens (tertiary/aromatic N) is 1. The Balaban J connectivity index is 1.84. The molecule has 0 aromatic heterocycles. The van der Waals surface area contributed by atoms with Crippen LogP contribution in [0.1, 0.15) is 45.5 Å². The van der Waals surface area contributed by atoms with Crippen LogP contribution in [0.5, 0.6) is 0 Å². The Morgan fingerprint density at radius 2 is 1.72 bits per heavy atom. The summed E-state index contributed by atoms with van der Waals surface area (Å²) in [5.41, 5.74) is 1.77. The first-order valence-corrected chi connectivity index (χ1v) is 10.9. The number of rotatable bonds is 5. The Morgan fingerprint density at radius 1 is 1.00 bits per heavy atom. The lowest BCUT2D eigenvalue weighted by atomic mass is 10.1. The average Bonchev–Trinajstić information content (AvgIpc) is 2.75. The lowest BCUT2D eigenvalue weighted by Gasteiger charge is -2.26. The fourth-order valence-electron chi connectivity index (χ4n) is 3.25. The van der Waals surface area contributed by atoms with Gasteiger partial charge < -0.3 is 10.1 Å². The highest BCUT2D eigenvalue weighted by atomic mass is 32.2. The predicted octanol–water partition coefficient (Wildman–Crippen LogP) is 3.21. The minimum atomic E-state index is -3.63. The zero-order chi connectivity index (χ0) is 21.0. The SMILES string of the molecule is COC(=O)c1ccc(C)c(NC(=O)c2cccc(S(=O)(=O)N3CCCCC3)c2)c1. The van der Waals surface area contributed by atoms with Crippen molar-refractivity contribution < 1.29 is 22.7 Å². The van der Waals surface area contributed by atoms with E-state index in [1.165, 1.54) is 29.6 Å². The van der Waals surface area contributed by atoms with E-state index in [0.29, 0.717) is 24.3 Å². The molecule has 0 unspecified atom stereocenters. The van der Waals surface area contributed by atoms with E-state index in [0.717, 1.165) is 24.8 Å². The molecule has 8 heteroatoms. The number of hydrogen-bond acceptors (Lipinski definition) is 5. The van der Waals surface area contributed by atoms with E-state index in [1.54, 1.807) is 31.2 Å². The van der Waals surface area contributed by atoms with Crippen LogP contribution in [0.4, 0.5) is 5.69 Å². The Morgan fingerprint density at radius 3 is 2.41 bits per heavy atom. The largest absolute Gasteiger partial charge is 0.465 e. The molecule has 0 bridgehead atoms. The molecule has 0 saturated carbocycles. The second kappa shape index (κ2) is 8.75. The van der Waals surface area contributed by atoms with Crippen LogP contribution in [0.2, 0.25) is 0 Å². The number of sulfonamides is 1. The second-order valence-corrected chi connectivity index (χ2v) is 8.91. The lowest BCUT2D eigenvalue weighted by Crippen LogP contribution is -2.35. The number of nitrogens with one attached hydrogen (secondary N) is 1. The van der Waals surface area contributed by atoms with Gasteiger partial charge in [-0.05, 0) is 55.7 Å². The number of carbonyl (C=O) groups excluding carboxylic acids is 2. The zero-order valence-electron chi connectivity index (χ0n) is 16.5. The van der Waals surface area contributed by atoms with Gasteiger partial charge >= 0.3 is 5.97 Å². The normalized spacial score (nSPS) is 15.0. The van der Waals surface area contributed by atoms with Crippen LogP contribution in [0.25, 0.3) is 0 Å². The van der Waals surface area contributed by atoms with Crippen molar-refractivity contribution in [3.05, 3.63) is 59.2 Å². The molecule has 0 atom stereocenters. The third-order valence-corrected chi connectivity index (χ3v) is 6.85. The van der Waals surface area contributed by atoms with E-state index >= 15 is 0 Å². The Hall–Kier alpha value is -2.71. The van der Waals surface area contributed by atoms with Gasteiger partial charge in [-0.1, -0.05) is 18.6 Å². The number of anilines is 1. The Kier molecular flexibility index (Phi) is 6.34. The minimum Gasteiger partial charge on any atom is -0.465 e. The summed E-state index contributed by atoms with van der Waals surface area (Å²) < 4.78 is 31.9. The maximum atomic E-state index is 12.9. The minimum absolute atomic E-state index is 0.104. The number of piperidine rings is 1. The van der Waals surface area contributed by atoms with E-state index in [4.69, 9.17) is 4.74 Å². The zero-order valence-corrected chi connectivity index (χ0v) is 17.3. The number of benzene rings is 2. The maximum absolute atomic E-state index is 12.9. The fraction of sp³-hybridized carbons (Fsp3) is 0.333. The third-order valence-electron chi connectivity index (χ3n) is 4.96. The molecule has 1 saturated heterocycles. The number of hydrogen-bond donors (Lipinski definition) is 1. The molecule has 1 amide bonds. The molecule has 154 valence electrons. The summed E-state index contributed by atoms with van der Waals surface area (Å²) in [5.74, 6) is -0.957. The molecular weight excluding hydrogens is 392 g/mol. The summed E-state index contributed by atoms with van der Waals surface area (Å²) >= 11 is 0. The molecule has 29 heavy (non-hydrogen) atoms. The molecule has 1 aliphatic rings. The van der Waals surface area contributed by atoms with E-state index < -0.39 is 21.9 Å². The van der Waals surface area contributed by atoms with Crippen molar-refractivity contribution in [1.29, 1.82) is 0 Å². The molecule has 1 fully saturated rings. The second-order valence-electron chi connectivity index (χ2n) is 6.97.